The highest BCUT2D eigenvalue weighted by Crippen LogP contribution is 2.45. The molecule has 8 nitrogen and oxygen atoms in total. The third-order valence-electron chi connectivity index (χ3n) is 16.6. The summed E-state index contributed by atoms with van der Waals surface area (Å²) in [4.78, 5) is 30.0. The van der Waals surface area contributed by atoms with Crippen LogP contribution in [0, 0.1) is 0 Å². The van der Waals surface area contributed by atoms with Gasteiger partial charge in [-0.3, -0.25) is 14.1 Å². The van der Waals surface area contributed by atoms with E-state index in [2.05, 4.69) is 203 Å². The Morgan fingerprint density at radius 1 is 0.261 bits per heavy atom. The van der Waals surface area contributed by atoms with Crippen LogP contribution in [0.2, 0.25) is 0 Å². The summed E-state index contributed by atoms with van der Waals surface area (Å²) >= 11 is 3.69. The number of para-hydroxylation sites is 2. The average Bonchev–Trinajstić information content (AvgIpc) is 1.64. The summed E-state index contributed by atoms with van der Waals surface area (Å²) in [6.45, 7) is 0. The molecule has 18 rings (SSSR count). The van der Waals surface area contributed by atoms with Crippen LogP contribution >= 0.6 is 22.7 Å². The zero-order valence-corrected chi connectivity index (χ0v) is 48.7. The molecule has 0 radical (unpaired) electrons. The fourth-order valence-electron chi connectivity index (χ4n) is 12.5. The largest absolute Gasteiger partial charge is 0.292 e. The van der Waals surface area contributed by atoms with Crippen LogP contribution in [0.25, 0.3) is 163 Å². The van der Waals surface area contributed by atoms with Crippen LogP contribution in [-0.2, 0) is 0 Å². The van der Waals surface area contributed by atoms with Gasteiger partial charge in [0.1, 0.15) is 0 Å². The average molecular weight is 1160 g/mol. The second-order valence-corrected chi connectivity index (χ2v) is 24.0. The molecule has 0 saturated carbocycles. The summed E-state index contributed by atoms with van der Waals surface area (Å²) < 4.78 is 9.62. The van der Waals surface area contributed by atoms with Crippen LogP contribution in [0.15, 0.2) is 292 Å². The van der Waals surface area contributed by atoms with Gasteiger partial charge in [-0.25, -0.2) is 24.9 Å². The van der Waals surface area contributed by atoms with Crippen LogP contribution in [0.1, 0.15) is 0 Å². The normalized spacial score (nSPS) is 11.6. The van der Waals surface area contributed by atoms with Gasteiger partial charge in [0.2, 0.25) is 5.95 Å². The molecular formula is C78H48N8S2. The van der Waals surface area contributed by atoms with Gasteiger partial charge in [0, 0.05) is 108 Å². The molecule has 8 heterocycles. The highest BCUT2D eigenvalue weighted by molar-refractivity contribution is 7.27. The number of hydrogen-bond donors (Lipinski definition) is 0. The number of hydrogen-bond acceptors (Lipinski definition) is 8. The molecule has 0 amide bonds. The maximum absolute atomic E-state index is 5.03. The van der Waals surface area contributed by atoms with E-state index < -0.39 is 0 Å². The second kappa shape index (κ2) is 21.3. The van der Waals surface area contributed by atoms with Crippen molar-refractivity contribution in [3.63, 3.8) is 0 Å². The summed E-state index contributed by atoms with van der Waals surface area (Å²) in [5.41, 5.74) is 16.2. The van der Waals surface area contributed by atoms with Crippen LogP contribution in [0.4, 0.5) is 0 Å². The van der Waals surface area contributed by atoms with Crippen molar-refractivity contribution < 1.29 is 0 Å². The molecule has 0 unspecified atom stereocenters. The molecule has 0 spiro atoms. The molecule has 0 saturated heterocycles. The summed E-state index contributed by atoms with van der Waals surface area (Å²) in [7, 11) is 0. The molecule has 10 aromatic carbocycles. The van der Waals surface area contributed by atoms with Crippen LogP contribution in [-0.4, -0.2) is 39.0 Å². The van der Waals surface area contributed by atoms with Gasteiger partial charge in [0.05, 0.1) is 62.9 Å². The lowest BCUT2D eigenvalue weighted by Crippen LogP contribution is -2.01. The Hall–Kier alpha value is -11.3. The van der Waals surface area contributed by atoms with Gasteiger partial charge >= 0.3 is 0 Å². The maximum Gasteiger partial charge on any atom is 0.234 e. The molecule has 18 aromatic rings. The summed E-state index contributed by atoms with van der Waals surface area (Å²) in [6.07, 6.45) is 7.65. The van der Waals surface area contributed by atoms with Crippen LogP contribution in [0.3, 0.4) is 0 Å². The lowest BCUT2D eigenvalue weighted by molar-refractivity contribution is 0.992. The minimum Gasteiger partial charge on any atom is -0.292 e. The molecule has 0 fully saturated rings. The highest BCUT2D eigenvalue weighted by atomic mass is 32.1. The van der Waals surface area contributed by atoms with E-state index >= 15 is 0 Å². The van der Waals surface area contributed by atoms with Gasteiger partial charge in [-0.05, 0) is 66.2 Å². The molecule has 88 heavy (non-hydrogen) atoms. The van der Waals surface area contributed by atoms with Crippen LogP contribution < -0.4 is 0 Å². The van der Waals surface area contributed by atoms with Gasteiger partial charge in [0.25, 0.3) is 0 Å². The smallest absolute Gasteiger partial charge is 0.234 e. The number of benzene rings is 10. The fourth-order valence-corrected chi connectivity index (χ4v) is 14.9. The van der Waals surface area contributed by atoms with E-state index in [-0.39, 0.29) is 0 Å². The Morgan fingerprint density at radius 2 is 0.750 bits per heavy atom. The van der Waals surface area contributed by atoms with Gasteiger partial charge < -0.3 is 0 Å². The third kappa shape index (κ3) is 8.80. The Balaban J connectivity index is 0.000000137. The molecule has 0 atom stereocenters. The molecule has 10 heteroatoms. The number of thiophene rings is 2. The predicted octanol–water partition coefficient (Wildman–Crippen LogP) is 20.7. The summed E-state index contributed by atoms with van der Waals surface area (Å²) in [6, 6.07) is 93.1. The van der Waals surface area contributed by atoms with Crippen molar-refractivity contribution in [3.8, 4) is 79.2 Å². The zero-order chi connectivity index (χ0) is 58.1. The SMILES string of the molecule is c1ccc(-c2cc(-c3cnc(-n4c5ccccc5c5c6sc7ccccc7c6ccc54)cn3)cc(-c3ccccc3)n2)cc1.c1ccc(-c2cc(-c3cnc(-n4c5ccccc5c5ccc6sc7ccccc7c6c54)nc3)cc(-c3ccccc3)n2)cc1. The molecule has 412 valence electrons. The van der Waals surface area contributed by atoms with Crippen LogP contribution in [0.5, 0.6) is 0 Å². The molecule has 0 aliphatic heterocycles. The molecular weight excluding hydrogens is 1110 g/mol. The Kier molecular flexibility index (Phi) is 12.4. The molecule has 0 N–H and O–H groups in total. The van der Waals surface area contributed by atoms with E-state index in [1.54, 1.807) is 0 Å². The van der Waals surface area contributed by atoms with E-state index in [0.29, 0.717) is 5.95 Å². The number of pyridine rings is 2. The van der Waals surface area contributed by atoms with E-state index in [0.717, 1.165) is 95.3 Å². The number of fused-ring (bicyclic) bond motifs is 14. The standard InChI is InChI=1S/2C39H24N4S/c1-3-11-25(12-4-1)31-21-27(22-32(42-31)26-13-5-2-6-14-26)33-23-41-37(24-40-33)43-34-17-9-7-16-30(34)38-35(43)20-19-29-28-15-8-10-18-36(28)44-39(29)38;1-3-11-25(12-4-1)32-21-27(22-33(42-32)26-13-5-2-6-14-26)28-23-40-39(41-24-28)43-34-17-9-7-15-29(34)30-19-20-36-37(38(30)43)31-16-8-10-18-35(31)44-36/h2*1-24H. The minimum absolute atomic E-state index is 0.656. The molecule has 0 bridgehead atoms. The molecule has 0 aliphatic rings. The lowest BCUT2D eigenvalue weighted by atomic mass is 10.0. The quantitative estimate of drug-likeness (QED) is 0.151. The first-order valence-electron chi connectivity index (χ1n) is 29.2. The van der Waals surface area contributed by atoms with Gasteiger partial charge in [0.15, 0.2) is 5.82 Å². The van der Waals surface area contributed by atoms with Gasteiger partial charge in [-0.15, -0.1) is 22.7 Å². The fraction of sp³-hybridized carbons (Fsp3) is 0. The first-order valence-corrected chi connectivity index (χ1v) is 30.9. The number of aromatic nitrogens is 8. The Labute approximate surface area is 513 Å². The third-order valence-corrected chi connectivity index (χ3v) is 19.0. The topological polar surface area (TPSA) is 87.2 Å². The maximum atomic E-state index is 5.03. The lowest BCUT2D eigenvalue weighted by Gasteiger charge is -2.11. The predicted molar refractivity (Wildman–Crippen MR) is 367 cm³/mol. The minimum atomic E-state index is 0.656. The van der Waals surface area contributed by atoms with E-state index in [1.807, 2.05) is 120 Å². The van der Waals surface area contributed by atoms with E-state index in [1.165, 1.54) is 61.9 Å². The number of nitrogens with zero attached hydrogens (tertiary/aromatic N) is 8. The number of rotatable bonds is 8. The summed E-state index contributed by atoms with van der Waals surface area (Å²) in [5, 5.41) is 10.00. The second-order valence-electron chi connectivity index (χ2n) is 21.8. The zero-order valence-electron chi connectivity index (χ0n) is 47.1. The first kappa shape index (κ1) is 51.1. The first-order chi connectivity index (χ1) is 43.6. The van der Waals surface area contributed by atoms with Gasteiger partial charge in [-0.2, -0.15) is 0 Å². The summed E-state index contributed by atoms with van der Waals surface area (Å²) in [5.74, 6) is 1.45. The van der Waals surface area contributed by atoms with Crippen molar-refractivity contribution >= 4 is 107 Å². The molecule has 8 aromatic heterocycles. The van der Waals surface area contributed by atoms with Crippen molar-refractivity contribution in [2.75, 3.05) is 0 Å². The van der Waals surface area contributed by atoms with Crippen molar-refractivity contribution in [1.29, 1.82) is 0 Å². The monoisotopic (exact) mass is 1160 g/mol. The molecule has 0 aliphatic carbocycles. The Bertz CT molecular complexity index is 5550. The van der Waals surface area contributed by atoms with Crippen molar-refractivity contribution in [2.24, 2.45) is 0 Å². The van der Waals surface area contributed by atoms with E-state index in [9.17, 15) is 0 Å². The van der Waals surface area contributed by atoms with Crippen molar-refractivity contribution in [2.45, 2.75) is 0 Å². The highest BCUT2D eigenvalue weighted by Gasteiger charge is 2.22. The Morgan fingerprint density at radius 3 is 1.33 bits per heavy atom. The van der Waals surface area contributed by atoms with Gasteiger partial charge in [-0.1, -0.05) is 206 Å². The van der Waals surface area contributed by atoms with Crippen molar-refractivity contribution in [1.82, 2.24) is 39.0 Å². The van der Waals surface area contributed by atoms with E-state index in [4.69, 9.17) is 29.9 Å². The van der Waals surface area contributed by atoms with Crippen molar-refractivity contribution in [3.05, 3.63) is 292 Å².